The van der Waals surface area contributed by atoms with E-state index in [1.165, 1.54) is 12.1 Å². The highest BCUT2D eigenvalue weighted by atomic mass is 19.1. The van der Waals surface area contributed by atoms with Gasteiger partial charge in [-0.1, -0.05) is 0 Å². The first-order valence-electron chi connectivity index (χ1n) is 10.1. The first-order valence-corrected chi connectivity index (χ1v) is 10.1. The monoisotopic (exact) mass is 429 g/mol. The van der Waals surface area contributed by atoms with E-state index in [9.17, 15) is 9.65 Å². The fourth-order valence-corrected chi connectivity index (χ4v) is 4.23. The Hall–Kier alpha value is -4.19. The summed E-state index contributed by atoms with van der Waals surface area (Å²) in [6.07, 6.45) is 3.42. The number of ether oxygens (including phenoxy) is 1. The van der Waals surface area contributed by atoms with Gasteiger partial charge < -0.3 is 10.5 Å². The normalized spacial score (nSPS) is 14.8. The predicted molar refractivity (Wildman–Crippen MR) is 116 cm³/mol. The van der Waals surface area contributed by atoms with Crippen LogP contribution in [0, 0.1) is 17.1 Å². The number of rotatable bonds is 0. The summed E-state index contributed by atoms with van der Waals surface area (Å²) in [4.78, 5) is 4.28. The molecule has 9 heteroatoms. The molecule has 3 aromatic heterocycles. The van der Waals surface area contributed by atoms with Crippen LogP contribution >= 0.6 is 0 Å². The molecule has 1 aromatic carbocycles. The minimum Gasteiger partial charge on any atom is -0.482 e. The maximum atomic E-state index is 14.2. The molecule has 8 nitrogen and oxygen atoms in total. The Bertz CT molecular complexity index is 1410. The van der Waals surface area contributed by atoms with Crippen molar-refractivity contribution >= 4 is 5.82 Å². The molecule has 160 valence electrons. The number of hydrogen-bond acceptors (Lipinski definition) is 6. The van der Waals surface area contributed by atoms with Gasteiger partial charge in [0.15, 0.2) is 11.6 Å². The standard InChI is InChI=1S/C23H20FN7O/c1-12-17-8-15(24)4-5-16(17)22-14(11-30(2)29-22)6-18-21(19(9-25)31(3)28-18)13-7-20(32-12)23(26)27-10-13/h4-5,7-8,10-12H,6H2,1-3H3,(H2,26,27)/t12-/m1/s1. The molecule has 0 saturated carbocycles. The first-order chi connectivity index (χ1) is 15.4. The molecule has 0 aliphatic carbocycles. The number of nitrogens with two attached hydrogens (primary N) is 1. The van der Waals surface area contributed by atoms with Crippen LogP contribution in [0.1, 0.15) is 35.5 Å². The van der Waals surface area contributed by atoms with Gasteiger partial charge in [-0.25, -0.2) is 9.37 Å². The van der Waals surface area contributed by atoms with Crippen LogP contribution in [0.15, 0.2) is 36.7 Å². The number of nitrogen functional groups attached to an aromatic ring is 1. The second-order valence-corrected chi connectivity index (χ2v) is 7.86. The molecule has 0 saturated heterocycles. The van der Waals surface area contributed by atoms with E-state index >= 15 is 0 Å². The highest BCUT2D eigenvalue weighted by molar-refractivity contribution is 5.75. The van der Waals surface area contributed by atoms with Gasteiger partial charge in [-0.2, -0.15) is 15.5 Å². The fourth-order valence-electron chi connectivity index (χ4n) is 4.23. The van der Waals surface area contributed by atoms with Gasteiger partial charge in [0.25, 0.3) is 0 Å². The highest BCUT2D eigenvalue weighted by Gasteiger charge is 2.25. The van der Waals surface area contributed by atoms with E-state index in [1.54, 1.807) is 34.7 Å². The topological polar surface area (TPSA) is 108 Å². The summed E-state index contributed by atoms with van der Waals surface area (Å²) in [6.45, 7) is 1.83. The van der Waals surface area contributed by atoms with E-state index in [0.717, 1.165) is 11.1 Å². The molecule has 0 radical (unpaired) electrons. The van der Waals surface area contributed by atoms with Crippen LogP contribution in [-0.4, -0.2) is 24.5 Å². The van der Waals surface area contributed by atoms with Crippen LogP contribution in [0.5, 0.6) is 5.75 Å². The van der Waals surface area contributed by atoms with Crippen LogP contribution in [0.2, 0.25) is 0 Å². The molecule has 4 heterocycles. The van der Waals surface area contributed by atoms with Gasteiger partial charge in [-0.3, -0.25) is 9.36 Å². The van der Waals surface area contributed by atoms with Crippen molar-refractivity contribution in [3.8, 4) is 34.2 Å². The third-order valence-electron chi connectivity index (χ3n) is 5.67. The molecule has 1 atom stereocenters. The largest absolute Gasteiger partial charge is 0.482 e. The number of aromatic nitrogens is 5. The van der Waals surface area contributed by atoms with Gasteiger partial charge in [-0.05, 0) is 31.2 Å². The molecule has 2 bridgehead atoms. The van der Waals surface area contributed by atoms with Crippen molar-refractivity contribution in [2.75, 3.05) is 5.73 Å². The van der Waals surface area contributed by atoms with E-state index in [0.29, 0.717) is 45.9 Å². The molecule has 0 amide bonds. The Labute approximate surface area is 183 Å². The van der Waals surface area contributed by atoms with Crippen LogP contribution in [-0.2, 0) is 20.5 Å². The lowest BCUT2D eigenvalue weighted by molar-refractivity contribution is 0.227. The Morgan fingerprint density at radius 1 is 1.25 bits per heavy atom. The van der Waals surface area contributed by atoms with Crippen molar-refractivity contribution in [3.05, 3.63) is 65.0 Å². The summed E-state index contributed by atoms with van der Waals surface area (Å²) in [5.74, 6) is 0.193. The summed E-state index contributed by atoms with van der Waals surface area (Å²) in [5, 5.41) is 19.1. The lowest BCUT2D eigenvalue weighted by Gasteiger charge is -2.20. The maximum Gasteiger partial charge on any atom is 0.166 e. The number of nitriles is 1. The summed E-state index contributed by atoms with van der Waals surface area (Å²) in [7, 11) is 3.57. The quantitative estimate of drug-likeness (QED) is 0.458. The summed E-state index contributed by atoms with van der Waals surface area (Å²) in [6, 6.07) is 8.57. The molecule has 0 unspecified atom stereocenters. The van der Waals surface area contributed by atoms with Crippen molar-refractivity contribution in [1.29, 1.82) is 5.26 Å². The Balaban J connectivity index is 1.84. The molecule has 0 fully saturated rings. The minimum atomic E-state index is -0.530. The summed E-state index contributed by atoms with van der Waals surface area (Å²) in [5.41, 5.74) is 11.6. The zero-order valence-electron chi connectivity index (χ0n) is 17.8. The van der Waals surface area contributed by atoms with Crippen molar-refractivity contribution in [2.45, 2.75) is 19.4 Å². The average Bonchev–Trinajstić information content (AvgIpc) is 3.27. The number of anilines is 1. The van der Waals surface area contributed by atoms with E-state index in [2.05, 4.69) is 21.3 Å². The van der Waals surface area contributed by atoms with E-state index in [-0.39, 0.29) is 11.6 Å². The zero-order valence-corrected chi connectivity index (χ0v) is 17.8. The second-order valence-electron chi connectivity index (χ2n) is 7.86. The lowest BCUT2D eigenvalue weighted by Crippen LogP contribution is -2.09. The predicted octanol–water partition coefficient (Wildman–Crippen LogP) is 3.52. The van der Waals surface area contributed by atoms with Gasteiger partial charge in [0.2, 0.25) is 0 Å². The van der Waals surface area contributed by atoms with Gasteiger partial charge >= 0.3 is 0 Å². The molecule has 32 heavy (non-hydrogen) atoms. The van der Waals surface area contributed by atoms with Gasteiger partial charge in [0.1, 0.15) is 23.7 Å². The second kappa shape index (κ2) is 7.20. The number of benzene rings is 1. The van der Waals surface area contributed by atoms with Crippen LogP contribution in [0.25, 0.3) is 22.4 Å². The molecule has 1 aliphatic rings. The molecule has 4 aromatic rings. The van der Waals surface area contributed by atoms with Crippen molar-refractivity contribution in [2.24, 2.45) is 14.1 Å². The third kappa shape index (κ3) is 3.08. The molecule has 1 aliphatic heterocycles. The number of hydrogen-bond donors (Lipinski definition) is 1. The van der Waals surface area contributed by atoms with E-state index in [1.807, 2.05) is 20.2 Å². The molecule has 2 N–H and O–H groups in total. The smallest absolute Gasteiger partial charge is 0.166 e. The number of pyridine rings is 1. The Kier molecular flexibility index (Phi) is 4.44. The molecular formula is C23H20FN7O. The van der Waals surface area contributed by atoms with Gasteiger partial charge in [0, 0.05) is 60.7 Å². The highest BCUT2D eigenvalue weighted by Crippen LogP contribution is 2.39. The van der Waals surface area contributed by atoms with Gasteiger partial charge in [-0.15, -0.1) is 0 Å². The first kappa shape index (κ1) is 19.8. The van der Waals surface area contributed by atoms with Crippen LogP contribution in [0.4, 0.5) is 10.2 Å². The third-order valence-corrected chi connectivity index (χ3v) is 5.67. The van der Waals surface area contributed by atoms with Crippen molar-refractivity contribution in [3.63, 3.8) is 0 Å². The number of nitrogens with zero attached hydrogens (tertiary/aromatic N) is 6. The average molecular weight is 429 g/mol. The number of halogens is 1. The number of aryl methyl sites for hydroxylation is 2. The number of fused-ring (bicyclic) bond motifs is 7. The fraction of sp³-hybridized carbons (Fsp3) is 0.217. The lowest BCUT2D eigenvalue weighted by atomic mass is 9.94. The Morgan fingerprint density at radius 3 is 2.84 bits per heavy atom. The van der Waals surface area contributed by atoms with Crippen LogP contribution < -0.4 is 10.5 Å². The van der Waals surface area contributed by atoms with E-state index in [4.69, 9.17) is 10.5 Å². The van der Waals surface area contributed by atoms with E-state index < -0.39 is 6.10 Å². The van der Waals surface area contributed by atoms with Crippen LogP contribution in [0.3, 0.4) is 0 Å². The zero-order chi connectivity index (χ0) is 22.6. The summed E-state index contributed by atoms with van der Waals surface area (Å²) >= 11 is 0. The molecular weight excluding hydrogens is 409 g/mol. The Morgan fingerprint density at radius 2 is 2.06 bits per heavy atom. The molecule has 5 rings (SSSR count). The van der Waals surface area contributed by atoms with Gasteiger partial charge in [0.05, 0.1) is 11.4 Å². The molecule has 0 spiro atoms. The summed E-state index contributed by atoms with van der Waals surface area (Å²) < 4.78 is 23.7. The SMILES string of the molecule is C[C@H]1Oc2cc(cnc2N)-c2c(nn(C)c2C#N)Cc2cn(C)nc2-c2ccc(F)cc21. The maximum absolute atomic E-state index is 14.2. The van der Waals surface area contributed by atoms with Crippen molar-refractivity contribution < 1.29 is 9.13 Å². The minimum absolute atomic E-state index is 0.207. The van der Waals surface area contributed by atoms with Crippen molar-refractivity contribution in [1.82, 2.24) is 24.5 Å².